The van der Waals surface area contributed by atoms with Crippen molar-refractivity contribution in [3.8, 4) is 11.5 Å². The van der Waals surface area contributed by atoms with Gasteiger partial charge in [0.1, 0.15) is 17.6 Å². The molecular weight excluding hydrogens is 473 g/mol. The third-order valence-electron chi connectivity index (χ3n) is 4.38. The first-order valence-corrected chi connectivity index (χ1v) is 9.54. The Labute approximate surface area is 184 Å². The van der Waals surface area contributed by atoms with Crippen LogP contribution in [0.3, 0.4) is 0 Å². The Kier molecular flexibility index (Phi) is 11.0. The summed E-state index contributed by atoms with van der Waals surface area (Å²) < 4.78 is 16.3. The molecule has 0 radical (unpaired) electrons. The summed E-state index contributed by atoms with van der Waals surface area (Å²) in [5.41, 5.74) is 2.24. The highest BCUT2D eigenvalue weighted by Crippen LogP contribution is 2.35. The summed E-state index contributed by atoms with van der Waals surface area (Å²) in [6.07, 6.45) is 3.21. The molecule has 28 heavy (non-hydrogen) atoms. The molecule has 0 amide bonds. The molecule has 0 aromatic heterocycles. The van der Waals surface area contributed by atoms with E-state index in [0.717, 1.165) is 42.9 Å². The van der Waals surface area contributed by atoms with Crippen molar-refractivity contribution in [3.63, 3.8) is 0 Å². The number of rotatable bonds is 9. The van der Waals surface area contributed by atoms with Crippen LogP contribution in [-0.2, 0) is 22.5 Å². The quantitative estimate of drug-likeness (QED) is 0.177. The number of unbranched alkanes of at least 4 members (excludes halogenated alkanes) is 1. The van der Waals surface area contributed by atoms with Gasteiger partial charge in [0.2, 0.25) is 0 Å². The number of ether oxygens (including phenoxy) is 3. The van der Waals surface area contributed by atoms with Gasteiger partial charge in [-0.2, -0.15) is 0 Å². The molecule has 0 saturated heterocycles. The van der Waals surface area contributed by atoms with Crippen LogP contribution in [0.25, 0.3) is 0 Å². The molecule has 0 fully saturated rings. The molecule has 1 aromatic rings. The van der Waals surface area contributed by atoms with E-state index in [4.69, 9.17) is 9.47 Å². The SMILES string of the molecule is CCOc1cc2c(cc1CNC(=NC)NCCCCC(=O)OC)OC(C)C2.I. The molecule has 1 heterocycles. The average Bonchev–Trinajstić information content (AvgIpc) is 3.02. The van der Waals surface area contributed by atoms with Crippen LogP contribution in [0.15, 0.2) is 17.1 Å². The Hall–Kier alpha value is -1.71. The predicted octanol–water partition coefficient (Wildman–Crippen LogP) is 3.04. The highest BCUT2D eigenvalue weighted by molar-refractivity contribution is 14.0. The smallest absolute Gasteiger partial charge is 0.305 e. The lowest BCUT2D eigenvalue weighted by Crippen LogP contribution is -2.37. The fraction of sp³-hybridized carbons (Fsp3) is 0.600. The zero-order valence-corrected chi connectivity index (χ0v) is 19.5. The molecule has 0 aliphatic carbocycles. The van der Waals surface area contributed by atoms with Crippen molar-refractivity contribution >= 4 is 35.9 Å². The molecule has 0 saturated carbocycles. The highest BCUT2D eigenvalue weighted by atomic mass is 127. The van der Waals surface area contributed by atoms with Crippen molar-refractivity contribution in [1.82, 2.24) is 10.6 Å². The van der Waals surface area contributed by atoms with Crippen molar-refractivity contribution in [1.29, 1.82) is 0 Å². The van der Waals surface area contributed by atoms with Crippen molar-refractivity contribution in [2.45, 2.75) is 52.2 Å². The molecule has 0 spiro atoms. The van der Waals surface area contributed by atoms with Crippen LogP contribution in [0.2, 0.25) is 0 Å². The molecular formula is C20H32IN3O4. The molecule has 1 aliphatic heterocycles. The summed E-state index contributed by atoms with van der Waals surface area (Å²) >= 11 is 0. The number of esters is 1. The molecule has 7 nitrogen and oxygen atoms in total. The van der Waals surface area contributed by atoms with Gasteiger partial charge >= 0.3 is 5.97 Å². The number of guanidine groups is 1. The summed E-state index contributed by atoms with van der Waals surface area (Å²) in [6, 6.07) is 4.14. The van der Waals surface area contributed by atoms with Crippen LogP contribution in [0, 0.1) is 0 Å². The van der Waals surface area contributed by atoms with Crippen molar-refractivity contribution in [2.24, 2.45) is 4.99 Å². The van der Waals surface area contributed by atoms with Gasteiger partial charge in [0.05, 0.1) is 13.7 Å². The van der Waals surface area contributed by atoms with Crippen LogP contribution in [0.5, 0.6) is 11.5 Å². The molecule has 8 heteroatoms. The lowest BCUT2D eigenvalue weighted by Gasteiger charge is -2.15. The fourth-order valence-electron chi connectivity index (χ4n) is 3.01. The van der Waals surface area contributed by atoms with Gasteiger partial charge in [-0.05, 0) is 38.8 Å². The van der Waals surface area contributed by atoms with Gasteiger partial charge in [0.25, 0.3) is 0 Å². The first kappa shape index (κ1) is 24.3. The highest BCUT2D eigenvalue weighted by Gasteiger charge is 2.21. The van der Waals surface area contributed by atoms with Crippen molar-refractivity contribution in [2.75, 3.05) is 27.3 Å². The Morgan fingerprint density at radius 3 is 2.79 bits per heavy atom. The van der Waals surface area contributed by atoms with Crippen molar-refractivity contribution in [3.05, 3.63) is 23.3 Å². The van der Waals surface area contributed by atoms with E-state index >= 15 is 0 Å². The van der Waals surface area contributed by atoms with Gasteiger partial charge in [-0.3, -0.25) is 9.79 Å². The van der Waals surface area contributed by atoms with E-state index < -0.39 is 0 Å². The number of carbonyl (C=O) groups excluding carboxylic acids is 1. The Balaban J connectivity index is 0.00000392. The Morgan fingerprint density at radius 1 is 1.32 bits per heavy atom. The summed E-state index contributed by atoms with van der Waals surface area (Å²) in [7, 11) is 3.15. The van der Waals surface area contributed by atoms with Gasteiger partial charge in [0, 0.05) is 44.1 Å². The van der Waals surface area contributed by atoms with E-state index in [-0.39, 0.29) is 36.0 Å². The third kappa shape index (κ3) is 7.37. The maximum Gasteiger partial charge on any atom is 0.305 e. The van der Waals surface area contributed by atoms with E-state index in [1.54, 1.807) is 7.05 Å². The summed E-state index contributed by atoms with van der Waals surface area (Å²) in [4.78, 5) is 15.4. The van der Waals surface area contributed by atoms with Crippen LogP contribution in [-0.4, -0.2) is 45.3 Å². The first-order valence-electron chi connectivity index (χ1n) is 9.54. The minimum Gasteiger partial charge on any atom is -0.494 e. The van der Waals surface area contributed by atoms with E-state index in [9.17, 15) is 4.79 Å². The first-order chi connectivity index (χ1) is 13.1. The minimum absolute atomic E-state index is 0. The predicted molar refractivity (Wildman–Crippen MR) is 121 cm³/mol. The van der Waals surface area contributed by atoms with E-state index in [2.05, 4.69) is 39.4 Å². The van der Waals surface area contributed by atoms with Gasteiger partial charge in [-0.15, -0.1) is 24.0 Å². The monoisotopic (exact) mass is 505 g/mol. The fourth-order valence-corrected chi connectivity index (χ4v) is 3.01. The Bertz CT molecular complexity index is 667. The second-order valence-electron chi connectivity index (χ2n) is 6.52. The molecule has 1 unspecified atom stereocenters. The number of methoxy groups -OCH3 is 1. The second-order valence-corrected chi connectivity index (χ2v) is 6.52. The van der Waals surface area contributed by atoms with Gasteiger partial charge in [-0.1, -0.05) is 0 Å². The lowest BCUT2D eigenvalue weighted by molar-refractivity contribution is -0.140. The maximum atomic E-state index is 11.1. The number of hydrogen-bond donors (Lipinski definition) is 2. The molecule has 158 valence electrons. The van der Waals surface area contributed by atoms with E-state index in [1.807, 2.05) is 6.92 Å². The van der Waals surface area contributed by atoms with Crippen LogP contribution < -0.4 is 20.1 Å². The van der Waals surface area contributed by atoms with Crippen LogP contribution in [0.4, 0.5) is 0 Å². The number of fused-ring (bicyclic) bond motifs is 1. The van der Waals surface area contributed by atoms with Crippen molar-refractivity contribution < 1.29 is 19.0 Å². The molecule has 0 bridgehead atoms. The summed E-state index contributed by atoms with van der Waals surface area (Å²) in [5.74, 6) is 2.36. The van der Waals surface area contributed by atoms with E-state index in [1.165, 1.54) is 12.7 Å². The number of nitrogens with one attached hydrogen (secondary N) is 2. The number of carbonyl (C=O) groups is 1. The summed E-state index contributed by atoms with van der Waals surface area (Å²) in [5, 5.41) is 6.57. The topological polar surface area (TPSA) is 81.2 Å². The Morgan fingerprint density at radius 2 is 2.11 bits per heavy atom. The molecule has 2 rings (SSSR count). The van der Waals surface area contributed by atoms with Crippen LogP contribution in [0.1, 0.15) is 44.2 Å². The number of hydrogen-bond acceptors (Lipinski definition) is 5. The van der Waals surface area contributed by atoms with Crippen LogP contribution >= 0.6 is 24.0 Å². The summed E-state index contributed by atoms with van der Waals surface area (Å²) in [6.45, 7) is 6.00. The molecule has 1 aliphatic rings. The standard InChI is InChI=1S/C20H31N3O4.HI/c1-5-26-17-11-15-10-14(2)27-18(15)12-16(17)13-23-20(21-3)22-9-7-6-8-19(24)25-4;/h11-12,14H,5-10,13H2,1-4H3,(H2,21,22,23);1H. The minimum atomic E-state index is -0.172. The number of aliphatic imine (C=N–C) groups is 1. The molecule has 2 N–H and O–H groups in total. The third-order valence-corrected chi connectivity index (χ3v) is 4.38. The number of benzene rings is 1. The zero-order chi connectivity index (χ0) is 19.6. The normalized spacial score (nSPS) is 15.1. The largest absolute Gasteiger partial charge is 0.494 e. The lowest BCUT2D eigenvalue weighted by atomic mass is 10.1. The number of nitrogens with zero attached hydrogens (tertiary/aromatic N) is 1. The zero-order valence-electron chi connectivity index (χ0n) is 17.2. The van der Waals surface area contributed by atoms with Gasteiger partial charge in [-0.25, -0.2) is 0 Å². The van der Waals surface area contributed by atoms with Gasteiger partial charge in [0.15, 0.2) is 5.96 Å². The molecule has 1 aromatic carbocycles. The van der Waals surface area contributed by atoms with Gasteiger partial charge < -0.3 is 24.8 Å². The molecule has 1 atom stereocenters. The second kappa shape index (κ2) is 12.7. The average molecular weight is 505 g/mol. The number of halogens is 1. The maximum absolute atomic E-state index is 11.1. The van der Waals surface area contributed by atoms with E-state index in [0.29, 0.717) is 25.5 Å².